The molecule has 6 rings (SSSR count). The summed E-state index contributed by atoms with van der Waals surface area (Å²) >= 11 is 0. The van der Waals surface area contributed by atoms with Crippen molar-refractivity contribution >= 4 is 28.1 Å². The topological polar surface area (TPSA) is 62.1 Å². The molecule has 5 heterocycles. The lowest BCUT2D eigenvalue weighted by atomic mass is 9.72. The van der Waals surface area contributed by atoms with E-state index in [0.717, 1.165) is 57.9 Å². The number of likely N-dealkylation sites (tertiary alicyclic amines) is 1. The van der Waals surface area contributed by atoms with E-state index in [1.165, 1.54) is 25.9 Å². The van der Waals surface area contributed by atoms with E-state index in [-0.39, 0.29) is 0 Å². The van der Waals surface area contributed by atoms with Crippen molar-refractivity contribution in [3.63, 3.8) is 0 Å². The normalized spacial score (nSPS) is 17.5. The number of anilines is 2. The third kappa shape index (κ3) is 4.28. The molecule has 0 amide bonds. The predicted molar refractivity (Wildman–Crippen MR) is 142 cm³/mol. The molecule has 35 heavy (non-hydrogen) atoms. The molecule has 3 aromatic heterocycles. The van der Waals surface area contributed by atoms with Crippen molar-refractivity contribution in [3.05, 3.63) is 73.3 Å². The highest BCUT2D eigenvalue weighted by molar-refractivity contribution is 5.89. The van der Waals surface area contributed by atoms with Gasteiger partial charge in [0.2, 0.25) is 0 Å². The van der Waals surface area contributed by atoms with Gasteiger partial charge in [-0.25, -0.2) is 9.97 Å². The Balaban J connectivity index is 1.17. The van der Waals surface area contributed by atoms with Gasteiger partial charge in [-0.2, -0.15) is 5.10 Å². The lowest BCUT2D eigenvalue weighted by Gasteiger charge is -2.53. The molecule has 2 aliphatic heterocycles. The zero-order valence-electron chi connectivity index (χ0n) is 20.4. The molecule has 1 spiro atoms. The molecule has 7 nitrogen and oxygen atoms in total. The monoisotopic (exact) mass is 465 g/mol. The first-order chi connectivity index (χ1) is 17.0. The van der Waals surface area contributed by atoms with Gasteiger partial charge < -0.3 is 15.1 Å². The Bertz CT molecular complexity index is 1390. The van der Waals surface area contributed by atoms with Crippen molar-refractivity contribution in [1.82, 2.24) is 24.6 Å². The van der Waals surface area contributed by atoms with E-state index in [4.69, 9.17) is 0 Å². The Labute approximate surface area is 206 Å². The number of benzene rings is 1. The summed E-state index contributed by atoms with van der Waals surface area (Å²) in [7, 11) is 4.15. The summed E-state index contributed by atoms with van der Waals surface area (Å²) in [6.45, 7) is 8.89. The Morgan fingerprint density at radius 2 is 1.77 bits per heavy atom. The molecule has 2 aliphatic rings. The van der Waals surface area contributed by atoms with Crippen LogP contribution in [0.4, 0.5) is 11.6 Å². The van der Waals surface area contributed by atoms with Crippen molar-refractivity contribution in [1.29, 1.82) is 0 Å². The van der Waals surface area contributed by atoms with Crippen LogP contribution in [0.25, 0.3) is 27.6 Å². The maximum Gasteiger partial charge on any atom is 0.130 e. The van der Waals surface area contributed by atoms with Crippen molar-refractivity contribution < 1.29 is 0 Å². The van der Waals surface area contributed by atoms with E-state index in [2.05, 4.69) is 74.1 Å². The fourth-order valence-corrected chi connectivity index (χ4v) is 5.59. The fourth-order valence-electron chi connectivity index (χ4n) is 5.59. The Hall–Kier alpha value is -3.71. The minimum Gasteiger partial charge on any atom is -0.357 e. The van der Waals surface area contributed by atoms with Crippen LogP contribution >= 0.6 is 0 Å². The summed E-state index contributed by atoms with van der Waals surface area (Å²) in [6, 6.07) is 12.6. The molecule has 0 aliphatic carbocycles. The Morgan fingerprint density at radius 3 is 2.51 bits per heavy atom. The Morgan fingerprint density at radius 1 is 0.943 bits per heavy atom. The van der Waals surface area contributed by atoms with Crippen LogP contribution in [-0.4, -0.2) is 57.9 Å². The van der Waals surface area contributed by atoms with Crippen molar-refractivity contribution in [3.8, 4) is 11.1 Å². The molecular weight excluding hydrogens is 434 g/mol. The second-order valence-corrected chi connectivity index (χ2v) is 10.2. The van der Waals surface area contributed by atoms with Gasteiger partial charge in [0.1, 0.15) is 11.6 Å². The molecule has 0 bridgehead atoms. The number of hydrogen-bond acceptors (Lipinski definition) is 6. The molecule has 2 saturated heterocycles. The summed E-state index contributed by atoms with van der Waals surface area (Å²) in [5, 5.41) is 9.92. The van der Waals surface area contributed by atoms with Crippen LogP contribution in [0.3, 0.4) is 0 Å². The standard InChI is InChI=1S/C28H31N7/c1-20(21-6-9-29-27(14-21)35-10-7-28(8-11-35)18-33(2)19-28)32-26-13-24-12-22(4-5-23(24)15-30-26)25-16-31-34(3)17-25/h4-6,9,12-17H,1,7-8,10-11,18-19H2,2-3H3,(H,30,32). The lowest BCUT2D eigenvalue weighted by Crippen LogP contribution is -2.58. The highest BCUT2D eigenvalue weighted by Crippen LogP contribution is 2.40. The van der Waals surface area contributed by atoms with Gasteiger partial charge >= 0.3 is 0 Å². The van der Waals surface area contributed by atoms with Gasteiger partial charge in [-0.15, -0.1) is 0 Å². The smallest absolute Gasteiger partial charge is 0.130 e. The van der Waals surface area contributed by atoms with Crippen LogP contribution in [0.15, 0.2) is 67.8 Å². The third-order valence-electron chi connectivity index (χ3n) is 7.49. The number of aromatic nitrogens is 4. The number of aryl methyl sites for hydroxylation is 1. The number of pyridine rings is 2. The summed E-state index contributed by atoms with van der Waals surface area (Å²) in [5.74, 6) is 1.80. The average molecular weight is 466 g/mol. The van der Waals surface area contributed by atoms with Crippen molar-refractivity contribution in [2.75, 3.05) is 43.4 Å². The number of nitrogens with one attached hydrogen (secondary N) is 1. The predicted octanol–water partition coefficient (Wildman–Crippen LogP) is 4.65. The average Bonchev–Trinajstić information content (AvgIpc) is 3.29. The first-order valence-electron chi connectivity index (χ1n) is 12.2. The molecule has 1 N–H and O–H groups in total. The SMILES string of the molecule is C=C(Nc1cc2cc(-c3cnn(C)c3)ccc2cn1)c1ccnc(N2CCC3(CC2)CN(C)C3)c1. The zero-order chi connectivity index (χ0) is 24.0. The van der Waals surface area contributed by atoms with Crippen LogP contribution in [-0.2, 0) is 7.05 Å². The van der Waals surface area contributed by atoms with Gasteiger partial charge in [0.15, 0.2) is 0 Å². The van der Waals surface area contributed by atoms with E-state index in [1.807, 2.05) is 42.6 Å². The van der Waals surface area contributed by atoms with Crippen LogP contribution in [0.5, 0.6) is 0 Å². The van der Waals surface area contributed by atoms with Gasteiger partial charge in [0.25, 0.3) is 0 Å². The first kappa shape index (κ1) is 21.8. The number of hydrogen-bond donors (Lipinski definition) is 1. The maximum absolute atomic E-state index is 4.66. The number of rotatable bonds is 5. The van der Waals surface area contributed by atoms with E-state index in [9.17, 15) is 0 Å². The molecule has 0 saturated carbocycles. The van der Waals surface area contributed by atoms with Crippen LogP contribution < -0.4 is 10.2 Å². The highest BCUT2D eigenvalue weighted by atomic mass is 15.2. The third-order valence-corrected chi connectivity index (χ3v) is 7.49. The molecule has 0 radical (unpaired) electrons. The molecule has 0 unspecified atom stereocenters. The quantitative estimate of drug-likeness (QED) is 0.463. The molecule has 7 heteroatoms. The molecule has 2 fully saturated rings. The molecule has 1 aromatic carbocycles. The van der Waals surface area contributed by atoms with E-state index < -0.39 is 0 Å². The summed E-state index contributed by atoms with van der Waals surface area (Å²) in [6.07, 6.45) is 10.2. The van der Waals surface area contributed by atoms with Gasteiger partial charge in [-0.05, 0) is 60.5 Å². The second kappa shape index (κ2) is 8.50. The minimum atomic E-state index is 0.534. The minimum absolute atomic E-state index is 0.534. The largest absolute Gasteiger partial charge is 0.357 e. The summed E-state index contributed by atoms with van der Waals surface area (Å²) in [4.78, 5) is 14.1. The van der Waals surface area contributed by atoms with Gasteiger partial charge in [0.05, 0.1) is 6.20 Å². The first-order valence-corrected chi connectivity index (χ1v) is 12.2. The van der Waals surface area contributed by atoms with E-state index >= 15 is 0 Å². The summed E-state index contributed by atoms with van der Waals surface area (Å²) in [5.41, 5.74) is 4.62. The van der Waals surface area contributed by atoms with E-state index in [1.54, 1.807) is 0 Å². The number of piperidine rings is 1. The second-order valence-electron chi connectivity index (χ2n) is 10.2. The highest BCUT2D eigenvalue weighted by Gasteiger charge is 2.43. The van der Waals surface area contributed by atoms with Crippen LogP contribution in [0, 0.1) is 5.41 Å². The summed E-state index contributed by atoms with van der Waals surface area (Å²) < 4.78 is 1.82. The molecule has 178 valence electrons. The van der Waals surface area contributed by atoms with Gasteiger partial charge in [0, 0.05) is 74.0 Å². The zero-order valence-corrected chi connectivity index (χ0v) is 20.4. The number of nitrogens with zero attached hydrogens (tertiary/aromatic N) is 6. The van der Waals surface area contributed by atoms with Crippen molar-refractivity contribution in [2.24, 2.45) is 12.5 Å². The number of fused-ring (bicyclic) bond motifs is 1. The molecular formula is C28H31N7. The van der Waals surface area contributed by atoms with Gasteiger partial charge in [-0.1, -0.05) is 18.7 Å². The Kier molecular flexibility index (Phi) is 5.29. The molecule has 0 atom stereocenters. The van der Waals surface area contributed by atoms with Crippen LogP contribution in [0.2, 0.25) is 0 Å². The van der Waals surface area contributed by atoms with Gasteiger partial charge in [-0.3, -0.25) is 4.68 Å². The fraction of sp³-hybridized carbons (Fsp3) is 0.321. The maximum atomic E-state index is 4.66. The molecule has 4 aromatic rings. The van der Waals surface area contributed by atoms with E-state index in [0.29, 0.717) is 5.41 Å². The van der Waals surface area contributed by atoms with Crippen molar-refractivity contribution in [2.45, 2.75) is 12.8 Å². The van der Waals surface area contributed by atoms with Crippen LogP contribution in [0.1, 0.15) is 18.4 Å². The lowest BCUT2D eigenvalue weighted by molar-refractivity contribution is 0.00122.